The smallest absolute Gasteiger partial charge is 0.330 e. The van der Waals surface area contributed by atoms with Crippen LogP contribution in [0.25, 0.3) is 0 Å². The standard InChI is InChI=1S/C8H14O3/c1-7(4-3-5-9)6-8(10)11-2/h6,9H,3-5H2,1-2H3/b7-6+. The number of methoxy groups -OCH3 is 1. The van der Waals surface area contributed by atoms with E-state index in [4.69, 9.17) is 5.11 Å². The van der Waals surface area contributed by atoms with Gasteiger partial charge in [0.15, 0.2) is 0 Å². The third kappa shape index (κ3) is 5.61. The first-order valence-corrected chi connectivity index (χ1v) is 3.56. The van der Waals surface area contributed by atoms with Gasteiger partial charge in [0.25, 0.3) is 0 Å². The minimum atomic E-state index is -0.333. The van der Waals surface area contributed by atoms with Gasteiger partial charge in [-0.25, -0.2) is 4.79 Å². The number of aliphatic hydroxyl groups is 1. The van der Waals surface area contributed by atoms with E-state index in [-0.39, 0.29) is 12.6 Å². The van der Waals surface area contributed by atoms with E-state index in [1.165, 1.54) is 13.2 Å². The summed E-state index contributed by atoms with van der Waals surface area (Å²) in [7, 11) is 1.35. The summed E-state index contributed by atoms with van der Waals surface area (Å²) in [6.45, 7) is 2.00. The van der Waals surface area contributed by atoms with Crippen molar-refractivity contribution in [2.75, 3.05) is 13.7 Å². The Morgan fingerprint density at radius 2 is 2.27 bits per heavy atom. The molecule has 11 heavy (non-hydrogen) atoms. The molecule has 0 fully saturated rings. The number of carbonyl (C=O) groups excluding carboxylic acids is 1. The number of ether oxygens (including phenoxy) is 1. The van der Waals surface area contributed by atoms with Crippen molar-refractivity contribution in [1.82, 2.24) is 0 Å². The lowest BCUT2D eigenvalue weighted by Crippen LogP contribution is -1.96. The molecule has 0 amide bonds. The van der Waals surface area contributed by atoms with E-state index in [0.717, 1.165) is 12.0 Å². The molecule has 0 heterocycles. The van der Waals surface area contributed by atoms with Gasteiger partial charge < -0.3 is 9.84 Å². The second-order valence-electron chi connectivity index (χ2n) is 2.34. The van der Waals surface area contributed by atoms with Crippen LogP contribution >= 0.6 is 0 Å². The van der Waals surface area contributed by atoms with Crippen molar-refractivity contribution in [3.05, 3.63) is 11.6 Å². The number of esters is 1. The monoisotopic (exact) mass is 158 g/mol. The van der Waals surface area contributed by atoms with Crippen LogP contribution in [-0.4, -0.2) is 24.8 Å². The third-order valence-electron chi connectivity index (χ3n) is 1.29. The van der Waals surface area contributed by atoms with Crippen LogP contribution in [0.5, 0.6) is 0 Å². The topological polar surface area (TPSA) is 46.5 Å². The average molecular weight is 158 g/mol. The van der Waals surface area contributed by atoms with Crippen molar-refractivity contribution in [2.24, 2.45) is 0 Å². The molecule has 0 aromatic rings. The average Bonchev–Trinajstić information content (AvgIpc) is 2.00. The van der Waals surface area contributed by atoms with Gasteiger partial charge in [-0.3, -0.25) is 0 Å². The van der Waals surface area contributed by atoms with Crippen LogP contribution in [-0.2, 0) is 9.53 Å². The summed E-state index contributed by atoms with van der Waals surface area (Å²) in [4.78, 5) is 10.6. The Bertz CT molecular complexity index is 149. The highest BCUT2D eigenvalue weighted by atomic mass is 16.5. The van der Waals surface area contributed by atoms with Crippen LogP contribution in [0, 0.1) is 0 Å². The molecule has 3 heteroatoms. The Morgan fingerprint density at radius 1 is 1.64 bits per heavy atom. The molecule has 0 bridgehead atoms. The van der Waals surface area contributed by atoms with Crippen LogP contribution in [0.4, 0.5) is 0 Å². The minimum absolute atomic E-state index is 0.159. The predicted octanol–water partition coefficient (Wildman–Crippen LogP) is 0.878. The zero-order valence-corrected chi connectivity index (χ0v) is 6.96. The minimum Gasteiger partial charge on any atom is -0.466 e. The molecule has 0 aliphatic carbocycles. The molecule has 0 atom stereocenters. The van der Waals surface area contributed by atoms with Gasteiger partial charge in [0.05, 0.1) is 7.11 Å². The summed E-state index contributed by atoms with van der Waals surface area (Å²) in [5.41, 5.74) is 0.936. The number of hydrogen-bond donors (Lipinski definition) is 1. The van der Waals surface area contributed by atoms with Crippen LogP contribution in [0.15, 0.2) is 11.6 Å². The molecule has 0 saturated heterocycles. The number of carbonyl (C=O) groups is 1. The summed E-state index contributed by atoms with van der Waals surface area (Å²) in [6.07, 6.45) is 2.88. The van der Waals surface area contributed by atoms with Crippen LogP contribution in [0.3, 0.4) is 0 Å². The second kappa shape index (κ2) is 5.92. The Morgan fingerprint density at radius 3 is 2.73 bits per heavy atom. The summed E-state index contributed by atoms with van der Waals surface area (Å²) in [5.74, 6) is -0.333. The molecular formula is C8H14O3. The molecular weight excluding hydrogens is 144 g/mol. The Balaban J connectivity index is 3.70. The number of rotatable bonds is 4. The summed E-state index contributed by atoms with van der Waals surface area (Å²) in [6, 6.07) is 0. The number of aliphatic hydroxyl groups excluding tert-OH is 1. The van der Waals surface area contributed by atoms with E-state index in [1.807, 2.05) is 6.92 Å². The van der Waals surface area contributed by atoms with Crippen molar-refractivity contribution >= 4 is 5.97 Å². The summed E-state index contributed by atoms with van der Waals surface area (Å²) >= 11 is 0. The van der Waals surface area contributed by atoms with E-state index in [1.54, 1.807) is 0 Å². The normalized spacial score (nSPS) is 11.4. The van der Waals surface area contributed by atoms with Crippen LogP contribution in [0.1, 0.15) is 19.8 Å². The molecule has 0 unspecified atom stereocenters. The molecule has 64 valence electrons. The third-order valence-corrected chi connectivity index (χ3v) is 1.29. The van der Waals surface area contributed by atoms with E-state index in [9.17, 15) is 4.79 Å². The quantitative estimate of drug-likeness (QED) is 0.488. The molecule has 1 N–H and O–H groups in total. The molecule has 0 saturated carbocycles. The molecule has 0 aromatic heterocycles. The fraction of sp³-hybridized carbons (Fsp3) is 0.625. The fourth-order valence-electron chi connectivity index (χ4n) is 0.690. The highest BCUT2D eigenvalue weighted by Gasteiger charge is 1.95. The number of allylic oxidation sites excluding steroid dienone is 1. The van der Waals surface area contributed by atoms with Crippen molar-refractivity contribution in [3.63, 3.8) is 0 Å². The van der Waals surface area contributed by atoms with Crippen molar-refractivity contribution in [3.8, 4) is 0 Å². The number of hydrogen-bond acceptors (Lipinski definition) is 3. The molecule has 0 spiro atoms. The zero-order valence-electron chi connectivity index (χ0n) is 6.96. The maximum Gasteiger partial charge on any atom is 0.330 e. The second-order valence-corrected chi connectivity index (χ2v) is 2.34. The first-order valence-electron chi connectivity index (χ1n) is 3.56. The zero-order chi connectivity index (χ0) is 8.69. The van der Waals surface area contributed by atoms with E-state index in [0.29, 0.717) is 6.42 Å². The first-order chi connectivity index (χ1) is 5.20. The molecule has 0 radical (unpaired) electrons. The largest absolute Gasteiger partial charge is 0.466 e. The molecule has 0 aliphatic heterocycles. The van der Waals surface area contributed by atoms with Gasteiger partial charge in [0.1, 0.15) is 0 Å². The highest BCUT2D eigenvalue weighted by Crippen LogP contribution is 2.02. The SMILES string of the molecule is COC(=O)/C=C(\C)CCCO. The molecule has 3 nitrogen and oxygen atoms in total. The Hall–Kier alpha value is -0.830. The van der Waals surface area contributed by atoms with Crippen molar-refractivity contribution < 1.29 is 14.6 Å². The fourth-order valence-corrected chi connectivity index (χ4v) is 0.690. The lowest BCUT2D eigenvalue weighted by molar-refractivity contribution is -0.134. The van der Waals surface area contributed by atoms with Crippen molar-refractivity contribution in [1.29, 1.82) is 0 Å². The molecule has 0 aliphatic rings. The van der Waals surface area contributed by atoms with Gasteiger partial charge in [-0.15, -0.1) is 0 Å². The van der Waals surface area contributed by atoms with Crippen LogP contribution in [0.2, 0.25) is 0 Å². The lowest BCUT2D eigenvalue weighted by Gasteiger charge is -1.97. The van der Waals surface area contributed by atoms with Crippen LogP contribution < -0.4 is 0 Å². The predicted molar refractivity (Wildman–Crippen MR) is 42.1 cm³/mol. The van der Waals surface area contributed by atoms with Gasteiger partial charge >= 0.3 is 5.97 Å². The molecule has 0 rings (SSSR count). The highest BCUT2D eigenvalue weighted by molar-refractivity contribution is 5.82. The van der Waals surface area contributed by atoms with E-state index in [2.05, 4.69) is 4.74 Å². The van der Waals surface area contributed by atoms with Gasteiger partial charge in [0, 0.05) is 12.7 Å². The Kier molecular flexibility index (Phi) is 5.47. The summed E-state index contributed by atoms with van der Waals surface area (Å²) < 4.78 is 4.42. The lowest BCUT2D eigenvalue weighted by atomic mass is 10.1. The van der Waals surface area contributed by atoms with E-state index >= 15 is 0 Å². The van der Waals surface area contributed by atoms with Gasteiger partial charge in [-0.2, -0.15) is 0 Å². The van der Waals surface area contributed by atoms with Gasteiger partial charge in [-0.1, -0.05) is 5.57 Å². The van der Waals surface area contributed by atoms with Crippen molar-refractivity contribution in [2.45, 2.75) is 19.8 Å². The maximum absolute atomic E-state index is 10.6. The Labute approximate surface area is 66.7 Å². The maximum atomic E-state index is 10.6. The summed E-state index contributed by atoms with van der Waals surface area (Å²) in [5, 5.41) is 8.46. The van der Waals surface area contributed by atoms with Gasteiger partial charge in [0.2, 0.25) is 0 Å². The first kappa shape index (κ1) is 10.2. The van der Waals surface area contributed by atoms with Gasteiger partial charge in [-0.05, 0) is 19.8 Å². The molecule has 0 aromatic carbocycles. The van der Waals surface area contributed by atoms with E-state index < -0.39 is 0 Å².